The van der Waals surface area contributed by atoms with E-state index in [1.165, 1.54) is 5.56 Å². The summed E-state index contributed by atoms with van der Waals surface area (Å²) in [5, 5.41) is 0. The summed E-state index contributed by atoms with van der Waals surface area (Å²) in [6, 6.07) is 9.90. The maximum Gasteiger partial charge on any atom is 0.0641 e. The molecular weight excluding hydrogens is 264 g/mol. The van der Waals surface area contributed by atoms with Gasteiger partial charge < -0.3 is 0 Å². The molecule has 1 aromatic carbocycles. The Kier molecular flexibility index (Phi) is 3.47. The molecule has 0 amide bonds. The molecule has 80 valence electrons. The van der Waals surface area contributed by atoms with Gasteiger partial charge in [0.25, 0.3) is 0 Å². The minimum Gasteiger partial charge on any atom is -0.264 e. The first-order valence-corrected chi connectivity index (χ1v) is 5.75. The van der Waals surface area contributed by atoms with Crippen LogP contribution in [0.25, 0.3) is 0 Å². The summed E-state index contributed by atoms with van der Waals surface area (Å²) < 4.78 is 1.08. The van der Waals surface area contributed by atoms with Gasteiger partial charge in [-0.25, -0.2) is 0 Å². The first kappa shape index (κ1) is 11.0. The van der Waals surface area contributed by atoms with Crippen molar-refractivity contribution < 1.29 is 0 Å². The number of hydrogen-bond donors (Lipinski definition) is 0. The summed E-state index contributed by atoms with van der Waals surface area (Å²) in [6.07, 6.45) is 5.34. The number of pyridine rings is 1. The summed E-state index contributed by atoms with van der Waals surface area (Å²) in [6.45, 7) is 2.05. The molecule has 2 nitrogen and oxygen atoms in total. The minimum atomic E-state index is 0.932. The molecule has 0 aliphatic heterocycles. The third-order valence-corrected chi connectivity index (χ3v) is 3.06. The van der Waals surface area contributed by atoms with Crippen LogP contribution in [0, 0.1) is 6.92 Å². The van der Waals surface area contributed by atoms with Crippen molar-refractivity contribution >= 4 is 27.8 Å². The third kappa shape index (κ3) is 2.76. The molecule has 0 fully saturated rings. The number of rotatable bonds is 2. The number of nitrogens with zero attached hydrogens (tertiary/aromatic N) is 2. The first-order valence-electron chi connectivity index (χ1n) is 4.96. The Hall–Kier alpha value is -1.48. The number of aliphatic imine (C=N–C) groups is 1. The second-order valence-electron chi connectivity index (χ2n) is 3.48. The lowest BCUT2D eigenvalue weighted by molar-refractivity contribution is 1.32. The van der Waals surface area contributed by atoms with Crippen molar-refractivity contribution in [2.24, 2.45) is 4.99 Å². The van der Waals surface area contributed by atoms with Crippen LogP contribution < -0.4 is 0 Å². The van der Waals surface area contributed by atoms with E-state index in [1.54, 1.807) is 12.4 Å². The van der Waals surface area contributed by atoms with Gasteiger partial charge in [0.1, 0.15) is 0 Å². The zero-order chi connectivity index (χ0) is 11.4. The Labute approximate surface area is 103 Å². The minimum absolute atomic E-state index is 0.932. The summed E-state index contributed by atoms with van der Waals surface area (Å²) in [4.78, 5) is 8.41. The van der Waals surface area contributed by atoms with E-state index in [0.29, 0.717) is 0 Å². The SMILES string of the molecule is Cc1ccc(N=Cc2cccnc2)cc1Br. The van der Waals surface area contributed by atoms with Crippen LogP contribution in [0.15, 0.2) is 52.2 Å². The van der Waals surface area contributed by atoms with Gasteiger partial charge in [0.2, 0.25) is 0 Å². The fraction of sp³-hybridized carbons (Fsp3) is 0.0769. The van der Waals surface area contributed by atoms with E-state index in [1.807, 2.05) is 36.5 Å². The molecule has 0 unspecified atom stereocenters. The van der Waals surface area contributed by atoms with Crippen molar-refractivity contribution in [1.29, 1.82) is 0 Å². The van der Waals surface area contributed by atoms with Gasteiger partial charge in [0.05, 0.1) is 5.69 Å². The van der Waals surface area contributed by atoms with Gasteiger partial charge in [-0.1, -0.05) is 28.1 Å². The maximum absolute atomic E-state index is 4.38. The predicted molar refractivity (Wildman–Crippen MR) is 70.4 cm³/mol. The molecule has 0 radical (unpaired) electrons. The van der Waals surface area contributed by atoms with Crippen LogP contribution in [-0.4, -0.2) is 11.2 Å². The van der Waals surface area contributed by atoms with Gasteiger partial charge in [0.15, 0.2) is 0 Å². The van der Waals surface area contributed by atoms with Crippen LogP contribution >= 0.6 is 15.9 Å². The lowest BCUT2D eigenvalue weighted by atomic mass is 10.2. The fourth-order valence-electron chi connectivity index (χ4n) is 1.26. The quantitative estimate of drug-likeness (QED) is 0.763. The normalized spacial score (nSPS) is 10.9. The van der Waals surface area contributed by atoms with Gasteiger partial charge in [-0.05, 0) is 30.7 Å². The Morgan fingerprint density at radius 1 is 1.31 bits per heavy atom. The average Bonchev–Trinajstić information content (AvgIpc) is 2.32. The summed E-state index contributed by atoms with van der Waals surface area (Å²) in [7, 11) is 0. The zero-order valence-corrected chi connectivity index (χ0v) is 10.5. The molecule has 1 aromatic heterocycles. The van der Waals surface area contributed by atoms with Gasteiger partial charge >= 0.3 is 0 Å². The molecule has 0 spiro atoms. The van der Waals surface area contributed by atoms with Crippen LogP contribution in [-0.2, 0) is 0 Å². The molecule has 0 aliphatic carbocycles. The van der Waals surface area contributed by atoms with Gasteiger partial charge in [0, 0.05) is 28.6 Å². The van der Waals surface area contributed by atoms with Crippen LogP contribution in [0.3, 0.4) is 0 Å². The number of halogens is 1. The summed E-state index contributed by atoms with van der Waals surface area (Å²) in [5.41, 5.74) is 3.14. The fourth-order valence-corrected chi connectivity index (χ4v) is 1.63. The van der Waals surface area contributed by atoms with Crippen molar-refractivity contribution in [3.05, 3.63) is 58.3 Å². The second kappa shape index (κ2) is 5.03. The van der Waals surface area contributed by atoms with Crippen LogP contribution in [0.4, 0.5) is 5.69 Å². The predicted octanol–water partition coefficient (Wildman–Crippen LogP) is 3.90. The van der Waals surface area contributed by atoms with Crippen LogP contribution in [0.5, 0.6) is 0 Å². The van der Waals surface area contributed by atoms with E-state index in [0.717, 1.165) is 15.7 Å². The zero-order valence-electron chi connectivity index (χ0n) is 8.89. The molecule has 0 saturated heterocycles. The molecule has 1 heterocycles. The lowest BCUT2D eigenvalue weighted by Gasteiger charge is -1.98. The monoisotopic (exact) mass is 274 g/mol. The molecule has 0 aliphatic rings. The highest BCUT2D eigenvalue weighted by atomic mass is 79.9. The summed E-state index contributed by atoms with van der Waals surface area (Å²) >= 11 is 3.49. The van der Waals surface area contributed by atoms with E-state index in [4.69, 9.17) is 0 Å². The first-order chi connectivity index (χ1) is 7.75. The third-order valence-electron chi connectivity index (χ3n) is 2.20. The Morgan fingerprint density at radius 2 is 2.19 bits per heavy atom. The smallest absolute Gasteiger partial charge is 0.0641 e. The molecule has 2 aromatic rings. The molecule has 16 heavy (non-hydrogen) atoms. The van der Waals surface area contributed by atoms with Crippen LogP contribution in [0.1, 0.15) is 11.1 Å². The number of aromatic nitrogens is 1. The lowest BCUT2D eigenvalue weighted by Crippen LogP contribution is -1.81. The molecule has 0 N–H and O–H groups in total. The van der Waals surface area contributed by atoms with Gasteiger partial charge in [-0.2, -0.15) is 0 Å². The Bertz CT molecular complexity index is 507. The van der Waals surface area contributed by atoms with E-state index >= 15 is 0 Å². The second-order valence-corrected chi connectivity index (χ2v) is 4.33. The van der Waals surface area contributed by atoms with Gasteiger partial charge in [-0.15, -0.1) is 0 Å². The Balaban J connectivity index is 2.21. The molecular formula is C13H11BrN2. The summed E-state index contributed by atoms with van der Waals surface area (Å²) in [5.74, 6) is 0. The van der Waals surface area contributed by atoms with E-state index in [9.17, 15) is 0 Å². The van der Waals surface area contributed by atoms with Gasteiger partial charge in [-0.3, -0.25) is 9.98 Å². The van der Waals surface area contributed by atoms with E-state index < -0.39 is 0 Å². The highest BCUT2D eigenvalue weighted by Gasteiger charge is 1.95. The Morgan fingerprint density at radius 3 is 2.88 bits per heavy atom. The highest BCUT2D eigenvalue weighted by molar-refractivity contribution is 9.10. The number of benzene rings is 1. The van der Waals surface area contributed by atoms with Crippen molar-refractivity contribution in [2.45, 2.75) is 6.92 Å². The van der Waals surface area contributed by atoms with E-state index in [-0.39, 0.29) is 0 Å². The topological polar surface area (TPSA) is 25.2 Å². The number of aryl methyl sites for hydroxylation is 1. The van der Waals surface area contributed by atoms with Crippen molar-refractivity contribution in [3.8, 4) is 0 Å². The van der Waals surface area contributed by atoms with Crippen molar-refractivity contribution in [3.63, 3.8) is 0 Å². The molecule has 2 rings (SSSR count). The molecule has 0 atom stereocenters. The van der Waals surface area contributed by atoms with Crippen LogP contribution in [0.2, 0.25) is 0 Å². The van der Waals surface area contributed by atoms with Crippen molar-refractivity contribution in [1.82, 2.24) is 4.98 Å². The van der Waals surface area contributed by atoms with Crippen molar-refractivity contribution in [2.75, 3.05) is 0 Å². The average molecular weight is 275 g/mol. The molecule has 3 heteroatoms. The standard InChI is InChI=1S/C13H11BrN2/c1-10-4-5-12(7-13(10)14)16-9-11-3-2-6-15-8-11/h2-9H,1H3. The maximum atomic E-state index is 4.38. The number of hydrogen-bond acceptors (Lipinski definition) is 2. The highest BCUT2D eigenvalue weighted by Crippen LogP contribution is 2.22. The largest absolute Gasteiger partial charge is 0.264 e. The van der Waals surface area contributed by atoms with E-state index in [2.05, 4.69) is 32.8 Å². The molecule has 0 saturated carbocycles. The molecule has 0 bridgehead atoms.